The number of fused-ring (bicyclic) bond motifs is 1. The Labute approximate surface area is 205 Å². The average Bonchev–Trinajstić information content (AvgIpc) is 3.05. The molecule has 2 saturated carbocycles. The fourth-order valence-electron chi connectivity index (χ4n) is 6.44. The Balaban J connectivity index is 2.06. The predicted molar refractivity (Wildman–Crippen MR) is 137 cm³/mol. The van der Waals surface area contributed by atoms with Crippen molar-refractivity contribution in [1.82, 2.24) is 0 Å². The summed E-state index contributed by atoms with van der Waals surface area (Å²) >= 11 is 3.62. The first kappa shape index (κ1) is 27.6. The van der Waals surface area contributed by atoms with E-state index in [1.807, 2.05) is 20.8 Å². The molecule has 6 atom stereocenters. The van der Waals surface area contributed by atoms with Crippen LogP contribution in [0.1, 0.15) is 93.4 Å². The summed E-state index contributed by atoms with van der Waals surface area (Å²) < 4.78 is 5.54. The van der Waals surface area contributed by atoms with Crippen molar-refractivity contribution < 1.29 is 14.6 Å². The van der Waals surface area contributed by atoms with Crippen molar-refractivity contribution in [3.8, 4) is 0 Å². The second kappa shape index (κ2) is 11.2. The smallest absolute Gasteiger partial charge is 0.311 e. The molecule has 0 spiro atoms. The van der Waals surface area contributed by atoms with Crippen LogP contribution in [0.25, 0.3) is 0 Å². The van der Waals surface area contributed by atoms with Crippen LogP contribution < -0.4 is 0 Å². The van der Waals surface area contributed by atoms with E-state index in [1.165, 1.54) is 32.1 Å². The molecule has 0 aliphatic heterocycles. The van der Waals surface area contributed by atoms with E-state index in [4.69, 9.17) is 4.74 Å². The van der Waals surface area contributed by atoms with Gasteiger partial charge in [0.05, 0.1) is 11.5 Å². The van der Waals surface area contributed by atoms with Crippen molar-refractivity contribution in [2.45, 2.75) is 99.5 Å². The zero-order valence-corrected chi connectivity index (χ0v) is 23.1. The van der Waals surface area contributed by atoms with Crippen molar-refractivity contribution in [1.29, 1.82) is 0 Å². The van der Waals surface area contributed by atoms with Gasteiger partial charge in [0.1, 0.15) is 6.61 Å². The maximum atomic E-state index is 12.2. The summed E-state index contributed by atoms with van der Waals surface area (Å²) in [6.07, 6.45) is 7.48. The van der Waals surface area contributed by atoms with Gasteiger partial charge < -0.3 is 9.84 Å². The molecule has 0 aromatic rings. The van der Waals surface area contributed by atoms with Crippen LogP contribution in [0.15, 0.2) is 22.7 Å². The van der Waals surface area contributed by atoms with Gasteiger partial charge in [0.15, 0.2) is 0 Å². The molecule has 2 rings (SSSR count). The summed E-state index contributed by atoms with van der Waals surface area (Å²) in [7, 11) is 0. The molecule has 0 amide bonds. The van der Waals surface area contributed by atoms with E-state index < -0.39 is 11.5 Å². The van der Waals surface area contributed by atoms with E-state index in [9.17, 15) is 9.90 Å². The first-order valence-electron chi connectivity index (χ1n) is 12.6. The Morgan fingerprint density at radius 2 is 1.94 bits per heavy atom. The van der Waals surface area contributed by atoms with E-state index in [1.54, 1.807) is 5.57 Å². The summed E-state index contributed by atoms with van der Waals surface area (Å²) in [5.41, 5.74) is 2.23. The molecule has 0 bridgehead atoms. The monoisotopic (exact) mass is 510 g/mol. The lowest BCUT2D eigenvalue weighted by molar-refractivity contribution is -0.152. The number of carbonyl (C=O) groups is 1. The van der Waals surface area contributed by atoms with Crippen molar-refractivity contribution in [2.24, 2.45) is 40.4 Å². The molecule has 32 heavy (non-hydrogen) atoms. The molecule has 0 saturated heterocycles. The van der Waals surface area contributed by atoms with Crippen LogP contribution in [0.3, 0.4) is 0 Å². The van der Waals surface area contributed by atoms with E-state index in [0.717, 1.165) is 18.4 Å². The van der Waals surface area contributed by atoms with Crippen molar-refractivity contribution in [3.05, 3.63) is 22.7 Å². The zero-order valence-electron chi connectivity index (χ0n) is 21.5. The lowest BCUT2D eigenvalue weighted by Crippen LogP contribution is -2.37. The van der Waals surface area contributed by atoms with Crippen molar-refractivity contribution >= 4 is 21.9 Å². The average molecular weight is 512 g/mol. The number of hydrogen-bond donors (Lipinski definition) is 1. The van der Waals surface area contributed by atoms with Crippen LogP contribution in [0.5, 0.6) is 0 Å². The largest absolute Gasteiger partial charge is 0.461 e. The quantitative estimate of drug-likeness (QED) is 0.255. The van der Waals surface area contributed by atoms with Gasteiger partial charge in [0.2, 0.25) is 0 Å². The Morgan fingerprint density at radius 3 is 2.50 bits per heavy atom. The molecular formula is C28H47BrO3. The Morgan fingerprint density at radius 1 is 1.28 bits per heavy atom. The number of rotatable bonds is 9. The second-order valence-electron chi connectivity index (χ2n) is 12.3. The van der Waals surface area contributed by atoms with Gasteiger partial charge in [-0.05, 0) is 105 Å². The van der Waals surface area contributed by atoms with Crippen LogP contribution in [0, 0.1) is 40.4 Å². The lowest BCUT2D eigenvalue weighted by atomic mass is 9.61. The van der Waals surface area contributed by atoms with Gasteiger partial charge in [-0.15, -0.1) is 0 Å². The van der Waals surface area contributed by atoms with Crippen LogP contribution >= 0.6 is 15.9 Å². The molecule has 184 valence electrons. The lowest BCUT2D eigenvalue weighted by Gasteiger charge is -2.45. The van der Waals surface area contributed by atoms with E-state index in [2.05, 4.69) is 55.2 Å². The van der Waals surface area contributed by atoms with Crippen molar-refractivity contribution in [3.63, 3.8) is 0 Å². The fraction of sp³-hybridized carbons (Fsp3) is 0.821. The van der Waals surface area contributed by atoms with Crippen LogP contribution in [0.4, 0.5) is 0 Å². The third kappa shape index (κ3) is 6.50. The number of aliphatic hydroxyl groups is 1. The zero-order chi connectivity index (χ0) is 24.3. The minimum Gasteiger partial charge on any atom is -0.461 e. The van der Waals surface area contributed by atoms with E-state index in [0.29, 0.717) is 29.1 Å². The summed E-state index contributed by atoms with van der Waals surface area (Å²) in [6.45, 7) is 19.2. The van der Waals surface area contributed by atoms with Crippen LogP contribution in [0.2, 0.25) is 0 Å². The summed E-state index contributed by atoms with van der Waals surface area (Å²) in [4.78, 5) is 14.4. The van der Waals surface area contributed by atoms with Crippen LogP contribution in [-0.2, 0) is 9.53 Å². The van der Waals surface area contributed by atoms with E-state index in [-0.39, 0.29) is 18.5 Å². The molecule has 4 heteroatoms. The molecule has 2 aliphatic carbocycles. The van der Waals surface area contributed by atoms with Gasteiger partial charge in [-0.1, -0.05) is 55.8 Å². The highest BCUT2D eigenvalue weighted by Crippen LogP contribution is 2.60. The molecule has 0 aromatic carbocycles. The standard InChI is InChI=1S/C28H47BrO3/c1-18(2)14-22(20(4)17-32-26(31)27(5,6)7)25(30)15-19(3)23-11-12-24-21(16-29)10-9-13-28(23,24)8/h16,18-19,22-25,30H,4,9-15,17H2,1-3,5-8H3/b21-16+/t19-,22-,23-,24+,25-,28-/m1/s1. The highest BCUT2D eigenvalue weighted by molar-refractivity contribution is 9.11. The normalized spacial score (nSPS) is 30.1. The number of esters is 1. The SMILES string of the molecule is C=C(COC(=O)C(C)(C)C)[C@@H](CC(C)C)[C@H](O)C[C@@H](C)[C@H]1CC[C@H]2/C(=C/Br)CCC[C@]12C. The summed E-state index contributed by atoms with van der Waals surface area (Å²) in [6, 6.07) is 0. The third-order valence-electron chi connectivity index (χ3n) is 8.19. The van der Waals surface area contributed by atoms with Crippen LogP contribution in [-0.4, -0.2) is 23.8 Å². The highest BCUT2D eigenvalue weighted by Gasteiger charge is 2.51. The first-order chi connectivity index (χ1) is 14.8. The van der Waals surface area contributed by atoms with Gasteiger partial charge >= 0.3 is 5.97 Å². The second-order valence-corrected chi connectivity index (χ2v) is 12.7. The van der Waals surface area contributed by atoms with Gasteiger partial charge in [-0.3, -0.25) is 4.79 Å². The maximum absolute atomic E-state index is 12.2. The van der Waals surface area contributed by atoms with Gasteiger partial charge in [-0.25, -0.2) is 0 Å². The Kier molecular flexibility index (Phi) is 9.68. The minimum absolute atomic E-state index is 0.0421. The fourth-order valence-corrected chi connectivity index (χ4v) is 6.99. The molecule has 0 aromatic heterocycles. The maximum Gasteiger partial charge on any atom is 0.311 e. The number of aliphatic hydroxyl groups excluding tert-OH is 1. The number of ether oxygens (including phenoxy) is 1. The Hall–Kier alpha value is -0.610. The van der Waals surface area contributed by atoms with Gasteiger partial charge in [-0.2, -0.15) is 0 Å². The number of carbonyl (C=O) groups excluding carboxylic acids is 1. The molecule has 0 heterocycles. The minimum atomic E-state index is -0.530. The van der Waals surface area contributed by atoms with E-state index >= 15 is 0 Å². The van der Waals surface area contributed by atoms with Gasteiger partial charge in [0.25, 0.3) is 0 Å². The third-order valence-corrected chi connectivity index (χ3v) is 8.78. The molecule has 1 N–H and O–H groups in total. The molecule has 2 aliphatic rings. The van der Waals surface area contributed by atoms with Gasteiger partial charge in [0, 0.05) is 5.92 Å². The first-order valence-corrected chi connectivity index (χ1v) is 13.5. The number of halogens is 1. The summed E-state index contributed by atoms with van der Waals surface area (Å²) in [5, 5.41) is 11.3. The number of hydrogen-bond acceptors (Lipinski definition) is 3. The molecule has 0 radical (unpaired) electrons. The Bertz CT molecular complexity index is 689. The molecule has 0 unspecified atom stereocenters. The topological polar surface area (TPSA) is 46.5 Å². The highest BCUT2D eigenvalue weighted by atomic mass is 79.9. The predicted octanol–water partition coefficient (Wildman–Crippen LogP) is 7.68. The molecular weight excluding hydrogens is 464 g/mol. The molecule has 2 fully saturated rings. The van der Waals surface area contributed by atoms with Crippen molar-refractivity contribution in [2.75, 3.05) is 6.61 Å². The number of allylic oxidation sites excluding steroid dienone is 1. The summed E-state index contributed by atoms with van der Waals surface area (Å²) in [5.74, 6) is 1.95. The molecule has 3 nitrogen and oxygen atoms in total.